The predicted molar refractivity (Wildman–Crippen MR) is 75.8 cm³/mol. The molecular formula is C14H9Cl2FN2. The minimum atomic E-state index is -1.18. The van der Waals surface area contributed by atoms with Crippen LogP contribution in [-0.4, -0.2) is 4.98 Å². The molecule has 1 aromatic carbocycles. The van der Waals surface area contributed by atoms with Gasteiger partial charge in [0.25, 0.3) is 0 Å². The van der Waals surface area contributed by atoms with Gasteiger partial charge in [-0.05, 0) is 36.4 Å². The first-order valence-electron chi connectivity index (χ1n) is 5.65. The zero-order chi connectivity index (χ0) is 13.5. The van der Waals surface area contributed by atoms with Gasteiger partial charge in [0.15, 0.2) is 5.00 Å². The van der Waals surface area contributed by atoms with Crippen molar-refractivity contribution in [1.29, 1.82) is 0 Å². The third-order valence-corrected chi connectivity index (χ3v) is 3.61. The van der Waals surface area contributed by atoms with Gasteiger partial charge in [-0.2, -0.15) is 0 Å². The Bertz CT molecular complexity index is 672. The standard InChI is InChI=1S/C14H9Cl2FN2/c15-10-3-4-12(17)11(8-10)14(16)6-5-9-2-1-7-18-13(9)19-14/h1-8H,(H,18,19). The van der Waals surface area contributed by atoms with Crippen LogP contribution in [0.3, 0.4) is 0 Å². The van der Waals surface area contributed by atoms with Crippen LogP contribution in [0.15, 0.2) is 42.6 Å². The number of fused-ring (bicyclic) bond motifs is 1. The number of nitrogens with zero attached hydrogens (tertiary/aromatic N) is 1. The molecule has 2 heterocycles. The maximum Gasteiger partial charge on any atom is 0.161 e. The van der Waals surface area contributed by atoms with Crippen LogP contribution in [0.25, 0.3) is 6.08 Å². The van der Waals surface area contributed by atoms with Crippen LogP contribution in [0, 0.1) is 5.82 Å². The summed E-state index contributed by atoms with van der Waals surface area (Å²) < 4.78 is 13.9. The van der Waals surface area contributed by atoms with Crippen molar-refractivity contribution in [3.8, 4) is 0 Å². The number of anilines is 1. The molecule has 1 aromatic heterocycles. The monoisotopic (exact) mass is 294 g/mol. The highest BCUT2D eigenvalue weighted by Gasteiger charge is 2.33. The second-order valence-electron chi connectivity index (χ2n) is 4.24. The molecule has 0 bridgehead atoms. The molecule has 1 unspecified atom stereocenters. The largest absolute Gasteiger partial charge is 0.344 e. The van der Waals surface area contributed by atoms with E-state index in [4.69, 9.17) is 23.2 Å². The van der Waals surface area contributed by atoms with Crippen molar-refractivity contribution in [3.05, 3.63) is 64.6 Å². The molecule has 2 aromatic rings. The smallest absolute Gasteiger partial charge is 0.161 e. The molecule has 0 fully saturated rings. The SMILES string of the molecule is Fc1ccc(Cl)cc1C1(Cl)C=Cc2cccnc2N1. The van der Waals surface area contributed by atoms with E-state index < -0.39 is 10.8 Å². The number of hydrogen-bond donors (Lipinski definition) is 1. The molecule has 19 heavy (non-hydrogen) atoms. The van der Waals surface area contributed by atoms with Gasteiger partial charge < -0.3 is 5.32 Å². The van der Waals surface area contributed by atoms with E-state index in [2.05, 4.69) is 10.3 Å². The van der Waals surface area contributed by atoms with Gasteiger partial charge >= 0.3 is 0 Å². The Labute approximate surface area is 119 Å². The molecule has 1 N–H and O–H groups in total. The Morgan fingerprint density at radius 2 is 2.11 bits per heavy atom. The maximum absolute atomic E-state index is 13.9. The molecule has 5 heteroatoms. The fraction of sp³-hybridized carbons (Fsp3) is 0.0714. The fourth-order valence-electron chi connectivity index (χ4n) is 2.01. The average molecular weight is 295 g/mol. The van der Waals surface area contributed by atoms with Crippen molar-refractivity contribution < 1.29 is 4.39 Å². The number of halogens is 3. The van der Waals surface area contributed by atoms with Crippen molar-refractivity contribution >= 4 is 35.1 Å². The zero-order valence-corrected chi connectivity index (χ0v) is 11.2. The first-order valence-corrected chi connectivity index (χ1v) is 6.41. The Balaban J connectivity index is 2.09. The van der Waals surface area contributed by atoms with E-state index in [0.717, 1.165) is 5.56 Å². The van der Waals surface area contributed by atoms with E-state index in [0.29, 0.717) is 10.8 Å². The summed E-state index contributed by atoms with van der Waals surface area (Å²) in [5.74, 6) is 0.190. The highest BCUT2D eigenvalue weighted by Crippen LogP contribution is 2.39. The summed E-state index contributed by atoms with van der Waals surface area (Å²) in [5.41, 5.74) is 1.18. The normalized spacial score (nSPS) is 20.8. The molecule has 2 nitrogen and oxygen atoms in total. The topological polar surface area (TPSA) is 24.9 Å². The van der Waals surface area contributed by atoms with E-state index in [1.54, 1.807) is 12.3 Å². The zero-order valence-electron chi connectivity index (χ0n) is 9.70. The second-order valence-corrected chi connectivity index (χ2v) is 5.27. The Morgan fingerprint density at radius 1 is 1.26 bits per heavy atom. The number of rotatable bonds is 1. The number of pyridine rings is 1. The third kappa shape index (κ3) is 2.20. The Kier molecular flexibility index (Phi) is 2.96. The fourth-order valence-corrected chi connectivity index (χ4v) is 2.48. The van der Waals surface area contributed by atoms with Gasteiger partial charge in [0.1, 0.15) is 11.6 Å². The lowest BCUT2D eigenvalue weighted by Gasteiger charge is -2.30. The van der Waals surface area contributed by atoms with E-state index >= 15 is 0 Å². The van der Waals surface area contributed by atoms with Crippen LogP contribution >= 0.6 is 23.2 Å². The molecule has 0 amide bonds. The first kappa shape index (κ1) is 12.5. The minimum absolute atomic E-state index is 0.272. The molecular weight excluding hydrogens is 286 g/mol. The molecule has 0 spiro atoms. The summed E-state index contributed by atoms with van der Waals surface area (Å²) in [4.78, 5) is 3.01. The van der Waals surface area contributed by atoms with Crippen molar-refractivity contribution in [2.45, 2.75) is 5.00 Å². The van der Waals surface area contributed by atoms with E-state index in [1.165, 1.54) is 18.2 Å². The van der Waals surface area contributed by atoms with Gasteiger partial charge in [0, 0.05) is 22.3 Å². The summed E-state index contributed by atoms with van der Waals surface area (Å²) in [6.45, 7) is 0. The number of benzene rings is 1. The summed E-state index contributed by atoms with van der Waals surface area (Å²) in [6.07, 6.45) is 5.15. The van der Waals surface area contributed by atoms with Crippen molar-refractivity contribution in [1.82, 2.24) is 4.98 Å². The van der Waals surface area contributed by atoms with Crippen LogP contribution in [-0.2, 0) is 5.00 Å². The lowest BCUT2D eigenvalue weighted by Crippen LogP contribution is -2.30. The molecule has 3 rings (SSSR count). The molecule has 1 aliphatic heterocycles. The number of nitrogens with one attached hydrogen (secondary N) is 1. The first-order chi connectivity index (χ1) is 9.08. The van der Waals surface area contributed by atoms with Crippen LogP contribution in [0.5, 0.6) is 0 Å². The molecule has 0 saturated carbocycles. The average Bonchev–Trinajstić information content (AvgIpc) is 2.41. The predicted octanol–water partition coefficient (Wildman–Crippen LogP) is 4.40. The molecule has 96 valence electrons. The van der Waals surface area contributed by atoms with Gasteiger partial charge in [0.2, 0.25) is 0 Å². The molecule has 1 atom stereocenters. The van der Waals surface area contributed by atoms with E-state index in [-0.39, 0.29) is 5.56 Å². The van der Waals surface area contributed by atoms with Crippen molar-refractivity contribution in [2.24, 2.45) is 0 Å². The summed E-state index contributed by atoms with van der Waals surface area (Å²) in [6, 6.07) is 8.02. The maximum atomic E-state index is 13.9. The van der Waals surface area contributed by atoms with Gasteiger partial charge in [-0.25, -0.2) is 9.37 Å². The summed E-state index contributed by atoms with van der Waals surface area (Å²) in [5, 5.41) is 3.46. The quantitative estimate of drug-likeness (QED) is 0.623. The van der Waals surface area contributed by atoms with Crippen molar-refractivity contribution in [3.63, 3.8) is 0 Å². The molecule has 1 aliphatic rings. The van der Waals surface area contributed by atoms with Crippen molar-refractivity contribution in [2.75, 3.05) is 5.32 Å². The van der Waals surface area contributed by atoms with Crippen LogP contribution in [0.2, 0.25) is 5.02 Å². The second kappa shape index (κ2) is 4.51. The van der Waals surface area contributed by atoms with Crippen LogP contribution in [0.4, 0.5) is 10.2 Å². The number of aromatic nitrogens is 1. The molecule has 0 radical (unpaired) electrons. The number of hydrogen-bond acceptors (Lipinski definition) is 2. The van der Waals surface area contributed by atoms with E-state index in [1.807, 2.05) is 18.2 Å². The minimum Gasteiger partial charge on any atom is -0.344 e. The van der Waals surface area contributed by atoms with Gasteiger partial charge in [-0.3, -0.25) is 0 Å². The summed E-state index contributed by atoms with van der Waals surface area (Å²) in [7, 11) is 0. The summed E-state index contributed by atoms with van der Waals surface area (Å²) >= 11 is 12.4. The molecule has 0 saturated heterocycles. The highest BCUT2D eigenvalue weighted by molar-refractivity contribution is 6.31. The highest BCUT2D eigenvalue weighted by atomic mass is 35.5. The van der Waals surface area contributed by atoms with Gasteiger partial charge in [-0.1, -0.05) is 29.3 Å². The Hall–Kier alpha value is -1.58. The Morgan fingerprint density at radius 3 is 2.95 bits per heavy atom. The molecule has 0 aliphatic carbocycles. The lowest BCUT2D eigenvalue weighted by atomic mass is 10.0. The van der Waals surface area contributed by atoms with Gasteiger partial charge in [0.05, 0.1) is 0 Å². The van der Waals surface area contributed by atoms with Gasteiger partial charge in [-0.15, -0.1) is 0 Å². The third-order valence-electron chi connectivity index (χ3n) is 2.95. The lowest BCUT2D eigenvalue weighted by molar-refractivity contribution is 0.598. The number of alkyl halides is 1. The van der Waals surface area contributed by atoms with E-state index in [9.17, 15) is 4.39 Å². The van der Waals surface area contributed by atoms with Crippen LogP contribution < -0.4 is 5.32 Å². The van der Waals surface area contributed by atoms with Crippen LogP contribution in [0.1, 0.15) is 11.1 Å².